The lowest BCUT2D eigenvalue weighted by Crippen LogP contribution is -2.38. The number of anilines is 1. The molecule has 0 unspecified atom stereocenters. The number of carbonyl (C=O) groups excluding carboxylic acids is 1. The van der Waals surface area contributed by atoms with Crippen LogP contribution in [0.15, 0.2) is 30.5 Å². The highest BCUT2D eigenvalue weighted by Gasteiger charge is 2.24. The van der Waals surface area contributed by atoms with E-state index in [-0.39, 0.29) is 0 Å². The second kappa shape index (κ2) is 7.57. The number of benzene rings is 1. The molecule has 1 fully saturated rings. The van der Waals surface area contributed by atoms with Crippen molar-refractivity contribution in [2.24, 2.45) is 17.4 Å². The standard InChI is InChI=1S/C18H25N5O2/c1-25-15-4-2-14(3-5-15)12-23-16(17(20)24)11-21-18(23)22-8-6-13(10-19)7-9-22/h2-5,11,13H,6-10,12,19H2,1H3,(H2,20,24). The summed E-state index contributed by atoms with van der Waals surface area (Å²) >= 11 is 0. The van der Waals surface area contributed by atoms with Gasteiger partial charge >= 0.3 is 0 Å². The molecule has 1 aliphatic heterocycles. The molecule has 0 aliphatic carbocycles. The Labute approximate surface area is 147 Å². The molecule has 1 aromatic heterocycles. The fourth-order valence-corrected chi connectivity index (χ4v) is 3.25. The predicted octanol–water partition coefficient (Wildman–Crippen LogP) is 1.21. The highest BCUT2D eigenvalue weighted by Crippen LogP contribution is 2.24. The summed E-state index contributed by atoms with van der Waals surface area (Å²) in [5, 5.41) is 0. The van der Waals surface area contributed by atoms with Gasteiger partial charge in [-0.05, 0) is 43.0 Å². The van der Waals surface area contributed by atoms with Crippen LogP contribution in [0.3, 0.4) is 0 Å². The Kier molecular flexibility index (Phi) is 5.23. The summed E-state index contributed by atoms with van der Waals surface area (Å²) in [7, 11) is 1.64. The highest BCUT2D eigenvalue weighted by atomic mass is 16.5. The largest absolute Gasteiger partial charge is 0.497 e. The second-order valence-electron chi connectivity index (χ2n) is 6.41. The van der Waals surface area contributed by atoms with E-state index in [9.17, 15) is 4.79 Å². The zero-order valence-electron chi connectivity index (χ0n) is 14.5. The Hall–Kier alpha value is -2.54. The number of amides is 1. The van der Waals surface area contributed by atoms with E-state index in [1.165, 1.54) is 0 Å². The van der Waals surface area contributed by atoms with Crippen LogP contribution >= 0.6 is 0 Å². The number of primary amides is 1. The van der Waals surface area contributed by atoms with E-state index in [4.69, 9.17) is 16.2 Å². The maximum Gasteiger partial charge on any atom is 0.267 e. The van der Waals surface area contributed by atoms with Gasteiger partial charge in [0.15, 0.2) is 0 Å². The molecule has 0 saturated carbocycles. The number of aromatic nitrogens is 2. The monoisotopic (exact) mass is 343 g/mol. The molecular weight excluding hydrogens is 318 g/mol. The molecule has 25 heavy (non-hydrogen) atoms. The summed E-state index contributed by atoms with van der Waals surface area (Å²) in [6.07, 6.45) is 3.64. The number of nitrogens with two attached hydrogens (primary N) is 2. The van der Waals surface area contributed by atoms with Crippen molar-refractivity contribution in [1.29, 1.82) is 0 Å². The fraction of sp³-hybridized carbons (Fsp3) is 0.444. The molecule has 134 valence electrons. The van der Waals surface area contributed by atoms with E-state index in [0.29, 0.717) is 18.2 Å². The molecule has 2 heterocycles. The molecule has 7 nitrogen and oxygen atoms in total. The van der Waals surface area contributed by atoms with Crippen LogP contribution in [0.5, 0.6) is 5.75 Å². The van der Waals surface area contributed by atoms with E-state index in [1.54, 1.807) is 13.3 Å². The molecule has 4 N–H and O–H groups in total. The molecule has 1 aromatic carbocycles. The quantitative estimate of drug-likeness (QED) is 0.821. The van der Waals surface area contributed by atoms with Crippen molar-refractivity contribution >= 4 is 11.9 Å². The number of hydrogen-bond acceptors (Lipinski definition) is 5. The summed E-state index contributed by atoms with van der Waals surface area (Å²) in [5.74, 6) is 1.69. The van der Waals surface area contributed by atoms with Gasteiger partial charge in [-0.2, -0.15) is 0 Å². The van der Waals surface area contributed by atoms with Crippen LogP contribution in [0.4, 0.5) is 5.95 Å². The van der Waals surface area contributed by atoms with Crippen molar-refractivity contribution in [1.82, 2.24) is 9.55 Å². The SMILES string of the molecule is COc1ccc(Cn2c(C(N)=O)cnc2N2CCC(CN)CC2)cc1. The number of imidazole rings is 1. The third kappa shape index (κ3) is 3.76. The van der Waals surface area contributed by atoms with Crippen LogP contribution in [0.1, 0.15) is 28.9 Å². The zero-order chi connectivity index (χ0) is 17.8. The number of hydrogen-bond donors (Lipinski definition) is 2. The lowest BCUT2D eigenvalue weighted by Gasteiger charge is -2.32. The summed E-state index contributed by atoms with van der Waals surface area (Å²) in [5.41, 5.74) is 12.8. The Morgan fingerprint density at radius 1 is 1.28 bits per heavy atom. The highest BCUT2D eigenvalue weighted by molar-refractivity contribution is 5.91. The van der Waals surface area contributed by atoms with Crippen molar-refractivity contribution in [3.05, 3.63) is 41.7 Å². The number of nitrogens with zero attached hydrogens (tertiary/aromatic N) is 3. The normalized spacial score (nSPS) is 15.4. The molecule has 1 aliphatic rings. The van der Waals surface area contributed by atoms with Gasteiger partial charge in [-0.25, -0.2) is 4.98 Å². The Balaban J connectivity index is 1.85. The number of methoxy groups -OCH3 is 1. The van der Waals surface area contributed by atoms with Crippen molar-refractivity contribution in [2.75, 3.05) is 31.6 Å². The molecule has 2 aromatic rings. The Bertz CT molecular complexity index is 718. The van der Waals surface area contributed by atoms with Crippen LogP contribution in [0.2, 0.25) is 0 Å². The smallest absolute Gasteiger partial charge is 0.267 e. The van der Waals surface area contributed by atoms with Crippen molar-refractivity contribution in [3.63, 3.8) is 0 Å². The first kappa shape index (κ1) is 17.3. The van der Waals surface area contributed by atoms with Crippen molar-refractivity contribution in [3.8, 4) is 5.75 Å². The topological polar surface area (TPSA) is 99.4 Å². The van der Waals surface area contributed by atoms with Crippen LogP contribution in [0, 0.1) is 5.92 Å². The lowest BCUT2D eigenvalue weighted by molar-refractivity contribution is 0.0992. The molecule has 3 rings (SSSR count). The number of ether oxygens (including phenoxy) is 1. The number of rotatable bonds is 6. The molecule has 1 amide bonds. The first-order chi connectivity index (χ1) is 12.1. The average molecular weight is 343 g/mol. The van der Waals surface area contributed by atoms with Gasteiger partial charge in [0.1, 0.15) is 11.4 Å². The molecule has 0 bridgehead atoms. The molecule has 0 atom stereocenters. The van der Waals surface area contributed by atoms with Crippen LogP contribution < -0.4 is 21.1 Å². The summed E-state index contributed by atoms with van der Waals surface area (Å²) in [6, 6.07) is 7.77. The van der Waals surface area contributed by atoms with Crippen LogP contribution in [-0.4, -0.2) is 42.2 Å². The van der Waals surface area contributed by atoms with Crippen molar-refractivity contribution < 1.29 is 9.53 Å². The third-order valence-corrected chi connectivity index (χ3v) is 4.82. The van der Waals surface area contributed by atoms with Gasteiger partial charge in [0.05, 0.1) is 19.9 Å². The first-order valence-electron chi connectivity index (χ1n) is 8.55. The fourth-order valence-electron chi connectivity index (χ4n) is 3.25. The van der Waals surface area contributed by atoms with Gasteiger partial charge in [0, 0.05) is 13.1 Å². The van der Waals surface area contributed by atoms with E-state index in [2.05, 4.69) is 9.88 Å². The van der Waals surface area contributed by atoms with Gasteiger partial charge in [-0.1, -0.05) is 12.1 Å². The minimum atomic E-state index is -0.468. The average Bonchev–Trinajstić information content (AvgIpc) is 3.06. The van der Waals surface area contributed by atoms with E-state index in [1.807, 2.05) is 28.8 Å². The Morgan fingerprint density at radius 2 is 1.96 bits per heavy atom. The van der Waals surface area contributed by atoms with Crippen LogP contribution in [-0.2, 0) is 6.54 Å². The van der Waals surface area contributed by atoms with Gasteiger partial charge in [-0.3, -0.25) is 4.79 Å². The van der Waals surface area contributed by atoms with Crippen molar-refractivity contribution in [2.45, 2.75) is 19.4 Å². The second-order valence-corrected chi connectivity index (χ2v) is 6.41. The lowest BCUT2D eigenvalue weighted by atomic mass is 9.97. The zero-order valence-corrected chi connectivity index (χ0v) is 14.5. The predicted molar refractivity (Wildman–Crippen MR) is 96.8 cm³/mol. The maximum absolute atomic E-state index is 11.8. The maximum atomic E-state index is 11.8. The van der Waals surface area contributed by atoms with Gasteiger partial charge in [0.2, 0.25) is 5.95 Å². The molecular formula is C18H25N5O2. The first-order valence-corrected chi connectivity index (χ1v) is 8.55. The van der Waals surface area contributed by atoms with E-state index in [0.717, 1.165) is 49.7 Å². The van der Waals surface area contributed by atoms with Crippen LogP contribution in [0.25, 0.3) is 0 Å². The molecule has 1 saturated heterocycles. The minimum Gasteiger partial charge on any atom is -0.497 e. The molecule has 7 heteroatoms. The number of carbonyl (C=O) groups is 1. The van der Waals surface area contributed by atoms with Gasteiger partial charge in [0.25, 0.3) is 5.91 Å². The Morgan fingerprint density at radius 3 is 2.52 bits per heavy atom. The van der Waals surface area contributed by atoms with Gasteiger partial charge < -0.3 is 25.7 Å². The van der Waals surface area contributed by atoms with E-state index < -0.39 is 5.91 Å². The number of piperidine rings is 1. The summed E-state index contributed by atoms with van der Waals surface area (Å²) in [4.78, 5) is 18.5. The van der Waals surface area contributed by atoms with Gasteiger partial charge in [-0.15, -0.1) is 0 Å². The third-order valence-electron chi connectivity index (χ3n) is 4.82. The minimum absolute atomic E-state index is 0.423. The van der Waals surface area contributed by atoms with E-state index >= 15 is 0 Å². The molecule has 0 radical (unpaired) electrons. The molecule has 0 spiro atoms. The summed E-state index contributed by atoms with van der Waals surface area (Å²) in [6.45, 7) is 3.04. The summed E-state index contributed by atoms with van der Waals surface area (Å²) < 4.78 is 7.09.